The van der Waals surface area contributed by atoms with Crippen LogP contribution in [0.2, 0.25) is 0 Å². The molecule has 0 radical (unpaired) electrons. The summed E-state index contributed by atoms with van der Waals surface area (Å²) in [4.78, 5) is 11.8. The van der Waals surface area contributed by atoms with Gasteiger partial charge in [-0.3, -0.25) is 4.79 Å². The molecule has 18 heavy (non-hydrogen) atoms. The van der Waals surface area contributed by atoms with Crippen LogP contribution in [0.15, 0.2) is 60.7 Å². The number of hydrogen-bond donors (Lipinski definition) is 0. The first kappa shape index (κ1) is 11.2. The molecule has 90 valence electrons. The van der Waals surface area contributed by atoms with Gasteiger partial charge in [-0.2, -0.15) is 0 Å². The summed E-state index contributed by atoms with van der Waals surface area (Å²) in [5, 5.41) is 0. The molecule has 1 fully saturated rings. The molecule has 2 aromatic rings. The minimum atomic E-state index is 0.348. The van der Waals surface area contributed by atoms with E-state index in [4.69, 9.17) is 0 Å². The summed E-state index contributed by atoms with van der Waals surface area (Å²) in [5.41, 5.74) is 2.58. The molecule has 0 N–H and O–H groups in total. The zero-order valence-corrected chi connectivity index (χ0v) is 10.3. The van der Waals surface area contributed by atoms with E-state index < -0.39 is 0 Å². The zero-order chi connectivity index (χ0) is 12.4. The van der Waals surface area contributed by atoms with E-state index in [-0.39, 0.29) is 0 Å². The molecule has 0 heterocycles. The van der Waals surface area contributed by atoms with Crippen molar-refractivity contribution in [3.63, 3.8) is 0 Å². The van der Waals surface area contributed by atoms with Gasteiger partial charge in [0, 0.05) is 12.8 Å². The van der Waals surface area contributed by atoms with Gasteiger partial charge in [0.05, 0.1) is 0 Å². The Morgan fingerprint density at radius 2 is 1.06 bits per heavy atom. The lowest BCUT2D eigenvalue weighted by Crippen LogP contribution is -2.04. The molecule has 0 spiro atoms. The van der Waals surface area contributed by atoms with Gasteiger partial charge in [-0.25, -0.2) is 0 Å². The smallest absolute Gasteiger partial charge is 0.134 e. The molecule has 0 aromatic heterocycles. The first-order valence-electron chi connectivity index (χ1n) is 6.46. The van der Waals surface area contributed by atoms with Crippen LogP contribution in [0.4, 0.5) is 0 Å². The van der Waals surface area contributed by atoms with Crippen LogP contribution in [0.5, 0.6) is 0 Å². The number of rotatable bonds is 2. The van der Waals surface area contributed by atoms with Crippen LogP contribution in [-0.2, 0) is 4.79 Å². The second-order valence-electron chi connectivity index (χ2n) is 4.98. The van der Waals surface area contributed by atoms with Crippen molar-refractivity contribution in [1.29, 1.82) is 0 Å². The van der Waals surface area contributed by atoms with Crippen LogP contribution >= 0.6 is 0 Å². The Morgan fingerprint density at radius 3 is 1.44 bits per heavy atom. The highest BCUT2D eigenvalue weighted by Gasteiger charge is 2.34. The molecule has 0 bridgehead atoms. The maximum absolute atomic E-state index is 11.8. The quantitative estimate of drug-likeness (QED) is 0.772. The molecule has 1 heteroatoms. The molecule has 1 aliphatic carbocycles. The van der Waals surface area contributed by atoms with E-state index in [1.165, 1.54) is 11.1 Å². The van der Waals surface area contributed by atoms with Crippen molar-refractivity contribution < 1.29 is 4.79 Å². The molecule has 0 aliphatic heterocycles. The molecule has 1 nitrogen and oxygen atoms in total. The van der Waals surface area contributed by atoms with Crippen molar-refractivity contribution in [2.75, 3.05) is 0 Å². The molecular formula is C17H16O. The van der Waals surface area contributed by atoms with E-state index in [1.54, 1.807) is 0 Å². The first-order chi connectivity index (χ1) is 8.84. The third-order valence-corrected chi connectivity index (χ3v) is 3.84. The highest BCUT2D eigenvalue weighted by atomic mass is 16.1. The summed E-state index contributed by atoms with van der Waals surface area (Å²) in [6.07, 6.45) is 1.37. The van der Waals surface area contributed by atoms with Gasteiger partial charge >= 0.3 is 0 Å². The summed E-state index contributed by atoms with van der Waals surface area (Å²) < 4.78 is 0. The minimum Gasteiger partial charge on any atom is -0.300 e. The fourth-order valence-electron chi connectivity index (χ4n) is 2.96. The Labute approximate surface area is 107 Å². The lowest BCUT2D eigenvalue weighted by molar-refractivity contribution is -0.117. The average molecular weight is 236 g/mol. The van der Waals surface area contributed by atoms with Gasteiger partial charge < -0.3 is 0 Å². The third-order valence-electron chi connectivity index (χ3n) is 3.84. The van der Waals surface area contributed by atoms with Crippen LogP contribution in [0.25, 0.3) is 0 Å². The zero-order valence-electron chi connectivity index (χ0n) is 10.3. The van der Waals surface area contributed by atoms with Crippen LogP contribution < -0.4 is 0 Å². The molecule has 0 amide bonds. The fourth-order valence-corrected chi connectivity index (χ4v) is 2.96. The van der Waals surface area contributed by atoms with Crippen molar-refractivity contribution in [3.8, 4) is 0 Å². The second-order valence-corrected chi connectivity index (χ2v) is 4.98. The molecular weight excluding hydrogens is 220 g/mol. The monoisotopic (exact) mass is 236 g/mol. The Kier molecular flexibility index (Phi) is 2.97. The topological polar surface area (TPSA) is 17.1 Å². The summed E-state index contributed by atoms with van der Waals surface area (Å²) in [6.45, 7) is 0. The number of hydrogen-bond acceptors (Lipinski definition) is 1. The summed E-state index contributed by atoms with van der Waals surface area (Å²) in [5.74, 6) is 1.08. The SMILES string of the molecule is O=C1C[C@H](c2ccccc2)[C@H](c2ccccc2)C1. The van der Waals surface area contributed by atoms with E-state index in [9.17, 15) is 4.79 Å². The number of ketones is 1. The molecule has 1 aliphatic rings. The van der Waals surface area contributed by atoms with E-state index in [0.29, 0.717) is 30.5 Å². The van der Waals surface area contributed by atoms with E-state index in [2.05, 4.69) is 48.5 Å². The number of Topliss-reactive ketones (excluding diaryl/α,β-unsaturated/α-hetero) is 1. The van der Waals surface area contributed by atoms with Crippen molar-refractivity contribution >= 4 is 5.78 Å². The van der Waals surface area contributed by atoms with Crippen molar-refractivity contribution in [2.45, 2.75) is 24.7 Å². The summed E-state index contributed by atoms with van der Waals surface area (Å²) in [7, 11) is 0. The second kappa shape index (κ2) is 4.77. The molecule has 2 aromatic carbocycles. The molecule has 1 saturated carbocycles. The van der Waals surface area contributed by atoms with Gasteiger partial charge in [0.15, 0.2) is 0 Å². The van der Waals surface area contributed by atoms with Gasteiger partial charge in [-0.1, -0.05) is 60.7 Å². The number of carbonyl (C=O) groups is 1. The molecule has 3 rings (SSSR count). The van der Waals surface area contributed by atoms with E-state index in [1.807, 2.05) is 12.1 Å². The lowest BCUT2D eigenvalue weighted by Gasteiger charge is -2.19. The average Bonchev–Trinajstić information content (AvgIpc) is 2.83. The summed E-state index contributed by atoms with van der Waals surface area (Å²) >= 11 is 0. The van der Waals surface area contributed by atoms with Gasteiger partial charge in [-0.15, -0.1) is 0 Å². The Hall–Kier alpha value is -1.89. The van der Waals surface area contributed by atoms with Gasteiger partial charge in [0.1, 0.15) is 5.78 Å². The van der Waals surface area contributed by atoms with E-state index in [0.717, 1.165) is 0 Å². The predicted molar refractivity (Wildman–Crippen MR) is 72.6 cm³/mol. The Bertz CT molecular complexity index is 481. The minimum absolute atomic E-state index is 0.348. The standard InChI is InChI=1S/C17H16O/c18-15-11-16(13-7-3-1-4-8-13)17(12-15)14-9-5-2-6-10-14/h1-10,16-17H,11-12H2/t16-,17+. The predicted octanol–water partition coefficient (Wildman–Crippen LogP) is 3.92. The normalized spacial score (nSPS) is 23.2. The van der Waals surface area contributed by atoms with Gasteiger partial charge in [-0.05, 0) is 23.0 Å². The fraction of sp³-hybridized carbons (Fsp3) is 0.235. The molecule has 2 atom stereocenters. The number of benzene rings is 2. The van der Waals surface area contributed by atoms with Crippen LogP contribution in [0.1, 0.15) is 35.8 Å². The molecule has 0 unspecified atom stereocenters. The highest BCUT2D eigenvalue weighted by Crippen LogP contribution is 2.43. The maximum atomic E-state index is 11.8. The van der Waals surface area contributed by atoms with Crippen molar-refractivity contribution in [2.24, 2.45) is 0 Å². The lowest BCUT2D eigenvalue weighted by atomic mass is 9.84. The van der Waals surface area contributed by atoms with Crippen molar-refractivity contribution in [1.82, 2.24) is 0 Å². The Morgan fingerprint density at radius 1 is 0.667 bits per heavy atom. The van der Waals surface area contributed by atoms with Gasteiger partial charge in [0.2, 0.25) is 0 Å². The Balaban J connectivity index is 1.96. The van der Waals surface area contributed by atoms with Crippen LogP contribution in [-0.4, -0.2) is 5.78 Å². The van der Waals surface area contributed by atoms with Crippen molar-refractivity contribution in [3.05, 3.63) is 71.8 Å². The third kappa shape index (κ3) is 2.08. The van der Waals surface area contributed by atoms with E-state index >= 15 is 0 Å². The van der Waals surface area contributed by atoms with Gasteiger partial charge in [0.25, 0.3) is 0 Å². The number of carbonyl (C=O) groups excluding carboxylic acids is 1. The maximum Gasteiger partial charge on any atom is 0.134 e. The summed E-state index contributed by atoms with van der Waals surface area (Å²) in [6, 6.07) is 20.8. The highest BCUT2D eigenvalue weighted by molar-refractivity contribution is 5.83. The van der Waals surface area contributed by atoms with Crippen LogP contribution in [0, 0.1) is 0 Å². The first-order valence-corrected chi connectivity index (χ1v) is 6.46. The van der Waals surface area contributed by atoms with Crippen LogP contribution in [0.3, 0.4) is 0 Å². The molecule has 0 saturated heterocycles. The largest absolute Gasteiger partial charge is 0.300 e.